The van der Waals surface area contributed by atoms with Crippen molar-refractivity contribution in [2.45, 2.75) is 25.9 Å². The minimum atomic E-state index is -0.712. The van der Waals surface area contributed by atoms with Gasteiger partial charge in [-0.3, -0.25) is 9.59 Å². The van der Waals surface area contributed by atoms with Gasteiger partial charge in [0.25, 0.3) is 0 Å². The second kappa shape index (κ2) is 8.12. The summed E-state index contributed by atoms with van der Waals surface area (Å²) in [6.07, 6.45) is -0.110. The van der Waals surface area contributed by atoms with Gasteiger partial charge in [0.2, 0.25) is 11.2 Å². The van der Waals surface area contributed by atoms with Gasteiger partial charge in [-0.2, -0.15) is 0 Å². The first-order chi connectivity index (χ1) is 11.5. The highest BCUT2D eigenvalue weighted by Crippen LogP contribution is 2.33. The highest BCUT2D eigenvalue weighted by atomic mass is 79.9. The summed E-state index contributed by atoms with van der Waals surface area (Å²) in [7, 11) is 0. The first-order valence-corrected chi connectivity index (χ1v) is 8.13. The van der Waals surface area contributed by atoms with Crippen molar-refractivity contribution < 1.29 is 24.2 Å². The summed E-state index contributed by atoms with van der Waals surface area (Å²) in [6.45, 7) is 1.42. The zero-order chi connectivity index (χ0) is 17.7. The Balaban J connectivity index is 2.53. The maximum absolute atomic E-state index is 11.9. The van der Waals surface area contributed by atoms with Crippen molar-refractivity contribution in [3.63, 3.8) is 0 Å². The van der Waals surface area contributed by atoms with Crippen LogP contribution in [0.15, 0.2) is 44.0 Å². The van der Waals surface area contributed by atoms with Crippen LogP contribution in [0.5, 0.6) is 5.75 Å². The molecular weight excluding hydrogens is 380 g/mol. The van der Waals surface area contributed by atoms with Crippen LogP contribution in [0.1, 0.15) is 36.3 Å². The molecule has 0 fully saturated rings. The van der Waals surface area contributed by atoms with Crippen molar-refractivity contribution in [1.29, 1.82) is 0 Å². The highest BCUT2D eigenvalue weighted by molar-refractivity contribution is 9.10. The Morgan fingerprint density at radius 2 is 2.00 bits per heavy atom. The zero-order valence-electron chi connectivity index (χ0n) is 13.0. The molecule has 0 saturated heterocycles. The minimum Gasteiger partial charge on any atom is -0.502 e. The molecule has 2 aromatic rings. The van der Waals surface area contributed by atoms with Crippen molar-refractivity contribution in [2.75, 3.05) is 6.61 Å². The van der Waals surface area contributed by atoms with Crippen molar-refractivity contribution in [1.82, 2.24) is 0 Å². The molecule has 0 radical (unpaired) electrons. The molecule has 1 aromatic carbocycles. The summed E-state index contributed by atoms with van der Waals surface area (Å²) >= 11 is 3.33. The van der Waals surface area contributed by atoms with E-state index in [4.69, 9.17) is 9.15 Å². The summed E-state index contributed by atoms with van der Waals surface area (Å²) in [4.78, 5) is 23.8. The Morgan fingerprint density at radius 1 is 1.33 bits per heavy atom. The van der Waals surface area contributed by atoms with Gasteiger partial charge >= 0.3 is 5.97 Å². The Bertz CT molecular complexity index is 766. The van der Waals surface area contributed by atoms with Gasteiger partial charge in [-0.25, -0.2) is 0 Å². The van der Waals surface area contributed by atoms with E-state index in [0.717, 1.165) is 10.5 Å². The van der Waals surface area contributed by atoms with Gasteiger partial charge in [0.1, 0.15) is 12.4 Å². The Labute approximate surface area is 146 Å². The number of esters is 1. The lowest BCUT2D eigenvalue weighted by atomic mass is 9.92. The van der Waals surface area contributed by atoms with Gasteiger partial charge in [0.15, 0.2) is 5.76 Å². The van der Waals surface area contributed by atoms with E-state index in [9.17, 15) is 19.8 Å². The van der Waals surface area contributed by atoms with Crippen LogP contribution in [-0.2, 0) is 16.1 Å². The maximum Gasteiger partial charge on any atom is 0.306 e. The molecule has 6 nitrogen and oxygen atoms in total. The van der Waals surface area contributed by atoms with E-state index in [0.29, 0.717) is 5.56 Å². The molecule has 0 bridgehead atoms. The average molecular weight is 397 g/mol. The Kier molecular flexibility index (Phi) is 6.16. The fourth-order valence-electron chi connectivity index (χ4n) is 2.31. The number of aromatic hydroxyl groups is 1. The summed E-state index contributed by atoms with van der Waals surface area (Å²) in [5.74, 6) is -1.83. The number of aliphatic hydroxyl groups is 1. The lowest BCUT2D eigenvalue weighted by Gasteiger charge is -2.17. The third-order valence-corrected chi connectivity index (χ3v) is 3.95. The van der Waals surface area contributed by atoms with Crippen LogP contribution in [0.3, 0.4) is 0 Å². The molecule has 0 spiro atoms. The van der Waals surface area contributed by atoms with Crippen LogP contribution >= 0.6 is 15.9 Å². The lowest BCUT2D eigenvalue weighted by Crippen LogP contribution is -2.15. The fourth-order valence-corrected chi connectivity index (χ4v) is 2.58. The van der Waals surface area contributed by atoms with Crippen molar-refractivity contribution in [3.8, 4) is 5.75 Å². The molecule has 1 heterocycles. The molecule has 24 heavy (non-hydrogen) atoms. The number of benzene rings is 1. The minimum absolute atomic E-state index is 0.0128. The number of hydrogen-bond donors (Lipinski definition) is 2. The van der Waals surface area contributed by atoms with E-state index in [-0.39, 0.29) is 24.5 Å². The summed E-state index contributed by atoms with van der Waals surface area (Å²) in [5, 5.41) is 19.3. The molecule has 7 heteroatoms. The van der Waals surface area contributed by atoms with Crippen LogP contribution < -0.4 is 5.43 Å². The van der Waals surface area contributed by atoms with E-state index < -0.39 is 29.7 Å². The van der Waals surface area contributed by atoms with Crippen LogP contribution in [0.25, 0.3) is 0 Å². The molecule has 128 valence electrons. The first-order valence-electron chi connectivity index (χ1n) is 7.34. The third-order valence-electron chi connectivity index (χ3n) is 3.42. The topological polar surface area (TPSA) is 97.0 Å². The summed E-state index contributed by atoms with van der Waals surface area (Å²) in [5.41, 5.74) is -0.00827. The monoisotopic (exact) mass is 396 g/mol. The van der Waals surface area contributed by atoms with Crippen molar-refractivity contribution >= 4 is 21.9 Å². The van der Waals surface area contributed by atoms with Gasteiger partial charge in [0, 0.05) is 10.5 Å². The number of carbonyl (C=O) groups is 1. The van der Waals surface area contributed by atoms with Crippen LogP contribution in [0.4, 0.5) is 0 Å². The molecule has 1 aromatic heterocycles. The number of hydrogen-bond acceptors (Lipinski definition) is 6. The van der Waals surface area contributed by atoms with Gasteiger partial charge in [-0.1, -0.05) is 28.1 Å². The quantitative estimate of drug-likeness (QED) is 0.728. The van der Waals surface area contributed by atoms with Gasteiger partial charge in [-0.05, 0) is 24.6 Å². The molecule has 0 aliphatic carbocycles. The first kappa shape index (κ1) is 18.2. The predicted molar refractivity (Wildman–Crippen MR) is 89.8 cm³/mol. The van der Waals surface area contributed by atoms with Crippen LogP contribution in [-0.4, -0.2) is 22.8 Å². The van der Waals surface area contributed by atoms with Gasteiger partial charge in [0.05, 0.1) is 18.9 Å². The number of rotatable bonds is 6. The van der Waals surface area contributed by atoms with E-state index in [1.54, 1.807) is 31.2 Å². The number of carbonyl (C=O) groups excluding carboxylic acids is 1. The number of halogens is 1. The largest absolute Gasteiger partial charge is 0.502 e. The Morgan fingerprint density at radius 3 is 2.58 bits per heavy atom. The average Bonchev–Trinajstić information content (AvgIpc) is 2.56. The molecule has 0 saturated carbocycles. The third kappa shape index (κ3) is 4.24. The SMILES string of the molecule is CCOC(=O)CC(c1ccc(Br)cc1)c1oc(CO)cc(=O)c1O. The fraction of sp³-hybridized carbons (Fsp3) is 0.294. The molecule has 0 aliphatic rings. The summed E-state index contributed by atoms with van der Waals surface area (Å²) in [6, 6.07) is 8.07. The van der Waals surface area contributed by atoms with E-state index in [1.807, 2.05) is 0 Å². The molecule has 2 rings (SSSR count). The van der Waals surface area contributed by atoms with E-state index in [2.05, 4.69) is 15.9 Å². The molecule has 0 aliphatic heterocycles. The standard InChI is InChI=1S/C17H17BrO6/c1-2-23-15(21)8-13(10-3-5-11(18)6-4-10)17-16(22)14(20)7-12(9-19)24-17/h3-7,13,19,22H,2,8-9H2,1H3. The molecule has 2 N–H and O–H groups in total. The van der Waals surface area contributed by atoms with Crippen LogP contribution in [0, 0.1) is 0 Å². The molecule has 1 atom stereocenters. The lowest BCUT2D eigenvalue weighted by molar-refractivity contribution is -0.143. The molecule has 0 amide bonds. The maximum atomic E-state index is 11.9. The van der Waals surface area contributed by atoms with Crippen LogP contribution in [0.2, 0.25) is 0 Å². The van der Waals surface area contributed by atoms with Crippen molar-refractivity contribution in [2.24, 2.45) is 0 Å². The van der Waals surface area contributed by atoms with E-state index in [1.165, 1.54) is 0 Å². The second-order valence-corrected chi connectivity index (χ2v) is 5.98. The summed E-state index contributed by atoms with van der Waals surface area (Å²) < 4.78 is 11.3. The van der Waals surface area contributed by atoms with Gasteiger partial charge in [-0.15, -0.1) is 0 Å². The zero-order valence-corrected chi connectivity index (χ0v) is 14.6. The van der Waals surface area contributed by atoms with E-state index >= 15 is 0 Å². The smallest absolute Gasteiger partial charge is 0.306 e. The van der Waals surface area contributed by atoms with Gasteiger partial charge < -0.3 is 19.4 Å². The van der Waals surface area contributed by atoms with Crippen molar-refractivity contribution in [3.05, 3.63) is 62.1 Å². The highest BCUT2D eigenvalue weighted by Gasteiger charge is 2.26. The predicted octanol–water partition coefficient (Wildman–Crippen LogP) is 2.69. The second-order valence-electron chi connectivity index (χ2n) is 5.06. The Hall–Kier alpha value is -2.12. The normalized spacial score (nSPS) is 12.0. The molecule has 1 unspecified atom stereocenters. The number of ether oxygens (including phenoxy) is 1. The molecular formula is C17H17BrO6. The number of aliphatic hydroxyl groups excluding tert-OH is 1.